The molecule has 0 saturated heterocycles. The first-order chi connectivity index (χ1) is 61.3. The molecule has 57 heteroatoms. The molecule has 729 valence electrons. The number of allylic oxidation sites excluding steroid dienone is 1. The number of nitrogens with one attached hydrogen (secondary N) is 5. The predicted octanol–water partition coefficient (Wildman–Crippen LogP) is 20.3. The number of anilines is 9. The van der Waals surface area contributed by atoms with Gasteiger partial charge in [0.15, 0.2) is 20.5 Å². The minimum atomic E-state index is -0.750. The summed E-state index contributed by atoms with van der Waals surface area (Å²) in [5.74, 6) is 2.94. The fourth-order valence-corrected chi connectivity index (χ4v) is 11.2. The van der Waals surface area contributed by atoms with Crippen LogP contribution in [0.5, 0.6) is 0 Å². The van der Waals surface area contributed by atoms with Gasteiger partial charge in [0.2, 0.25) is 5.24 Å². The van der Waals surface area contributed by atoms with Gasteiger partial charge in [0.25, 0.3) is 17.7 Å². The zero-order valence-corrected chi connectivity index (χ0v) is 96.7. The van der Waals surface area contributed by atoms with Crippen molar-refractivity contribution < 1.29 is 82.3 Å². The predicted molar refractivity (Wildman–Crippen MR) is 599 cm³/mol. The molecular formula is C78H98B2Cl10I3N24NaO9S7V. The summed E-state index contributed by atoms with van der Waals surface area (Å²) in [6.45, 7) is 26.2. The van der Waals surface area contributed by atoms with Gasteiger partial charge in [-0.05, 0) is 171 Å². The minimum Gasteiger partial charge on any atom is 1.00 e. The number of para-hydroxylation sites is 4. The summed E-state index contributed by atoms with van der Waals surface area (Å²) in [5.41, 5.74) is 36.3. The van der Waals surface area contributed by atoms with Crippen LogP contribution >= 0.6 is 265 Å². The van der Waals surface area contributed by atoms with Crippen molar-refractivity contribution in [1.29, 1.82) is 0 Å². The van der Waals surface area contributed by atoms with Crippen LogP contribution in [0.15, 0.2) is 148 Å². The number of isothiocyanates is 1. The summed E-state index contributed by atoms with van der Waals surface area (Å²) in [4.78, 5) is 99.0. The quantitative estimate of drug-likeness (QED) is 0.00433. The molecule has 4 amide bonds. The van der Waals surface area contributed by atoms with Crippen LogP contribution in [0.3, 0.4) is 0 Å². The number of thiazole rings is 2. The largest absolute Gasteiger partial charge is 1.00 e. The number of nitrogen functional groups attached to an aromatic ring is 3. The Kier molecular flexibility index (Phi) is 92.7. The first kappa shape index (κ1) is 145. The fraction of sp³-hybridized carbons (Fsp3) is 0.256. The molecule has 17 N–H and O–H groups in total. The van der Waals surface area contributed by atoms with E-state index in [9.17, 15) is 29.1 Å². The van der Waals surface area contributed by atoms with Crippen LogP contribution in [0, 0.1) is 55.4 Å². The third kappa shape index (κ3) is 79.9. The van der Waals surface area contributed by atoms with Crippen molar-refractivity contribution in [3.8, 4) is 0 Å². The molecule has 0 aliphatic carbocycles. The molecule has 6 heterocycles. The molecule has 0 unspecified atom stereocenters. The van der Waals surface area contributed by atoms with Gasteiger partial charge >= 0.3 is 135 Å². The molecule has 4 aromatic carbocycles. The summed E-state index contributed by atoms with van der Waals surface area (Å²) in [6, 6.07) is 28.1. The van der Waals surface area contributed by atoms with Crippen LogP contribution in [-0.4, -0.2) is 135 Å². The van der Waals surface area contributed by atoms with E-state index in [0.29, 0.717) is 159 Å². The Balaban J connectivity index is -0.000000223. The average Bonchev–Trinajstić information content (AvgIpc) is 1.74. The van der Waals surface area contributed by atoms with E-state index in [-0.39, 0.29) is 96.3 Å². The number of hydrogen-bond acceptors (Lipinski definition) is 32. The number of aryl methyl sites for hydroxylation is 8. The van der Waals surface area contributed by atoms with Crippen LogP contribution in [-0.2, 0) is 33.3 Å². The van der Waals surface area contributed by atoms with Crippen LogP contribution in [0.1, 0.15) is 121 Å². The third-order valence-corrected chi connectivity index (χ3v) is 16.5. The van der Waals surface area contributed by atoms with E-state index in [1.165, 1.54) is 54.5 Å². The van der Waals surface area contributed by atoms with Gasteiger partial charge in [-0.3, -0.25) is 19.2 Å². The number of hydrogen-bond donors (Lipinski definition) is 13. The Morgan fingerprint density at radius 3 is 1.22 bits per heavy atom. The molecule has 0 fully saturated rings. The molecule has 0 aliphatic rings. The van der Waals surface area contributed by atoms with E-state index in [4.69, 9.17) is 144 Å². The molecular weight excluding hydrogens is 2470 g/mol. The molecule has 6 aromatic heterocycles. The summed E-state index contributed by atoms with van der Waals surface area (Å²) >= 11 is 83.1. The van der Waals surface area contributed by atoms with Crippen molar-refractivity contribution in [3.63, 3.8) is 0 Å². The number of benzene rings is 4. The van der Waals surface area contributed by atoms with Crippen LogP contribution in [0.2, 0.25) is 45.9 Å². The zero-order valence-electron chi connectivity index (χ0n) is 73.3. The maximum Gasteiger partial charge on any atom is 1.00 e. The number of carbonyl (C=O) groups excluding carboxylic acids is 5. The van der Waals surface area contributed by atoms with Crippen molar-refractivity contribution in [3.05, 3.63) is 235 Å². The molecule has 10 aromatic rings. The number of thiol groups is 2. The standard InChI is InChI=1S/C16H13Cl2N5OS.C12H14ClNO2.C11H10ClN3OS.C7H8ClN.C6H7ClN4S.C5H4Cl2N2.C5H6ClN3.C5H7ClO2.C4H5NO2S.C4H9O.CH4N2S.2CH4.2BHNS.3HI.Na.V/c1-8-4-3-5-10(17)14(8)23-15(24)11-7-19-16(25-11)22-13-6-12(18)20-9(2)21-13;1-3-16-8-7-11(15)14-12-9(2)5-4-6-10(12)13;1-6-3-2-4-7(12)9(6)15-10(16)8-5-14-11(13)17-8;1-5-3-2-4-6(8)7(5)9;1-3-9-4(7)2-5(10-3)11-6(8)12;2*1-3-8-4(6)2-5(7)9-3;1-2-8-4-3-5(6)7;1-2-7-4(6)5-3-8;1-4(2,3)5;2-1(3)4;;;2*1-2-3;;;;;/h3-7H,1-2H3,(H,23,24)(H,19,20,21,22);4-8H,3H2,1-2H3,(H,14,15);2-5H,1H3,(H2,13,14)(H,15,16);2-4H,9H2,1H3;2H,1H3,(H3,8,9,10,11,12);2H,1H3;2H,1H3,(H2,7,8,9);3-4H,2H2,1H3;2H2,1H3;1-3H3;(H4,2,3,4);2*1H4;2*3H;3*1H;;/q;;;;;;;;;-1;;;;;;;;;+1;+2/p-2/b;8-7+;;;;;;4-3+;;;;;;;;;;;;. The summed E-state index contributed by atoms with van der Waals surface area (Å²) in [7, 11) is 9.30. The Morgan fingerprint density at radius 1 is 0.556 bits per heavy atom. The third-order valence-electron chi connectivity index (χ3n) is 12.2. The molecule has 135 heavy (non-hydrogen) atoms. The number of halogens is 13. The minimum absolute atomic E-state index is 0. The van der Waals surface area contributed by atoms with Gasteiger partial charge in [-0.2, -0.15) is 0 Å². The number of carbonyl (C=O) groups is 5. The molecule has 0 atom stereocenters. The van der Waals surface area contributed by atoms with Gasteiger partial charge in [-0.25, -0.2) is 54.6 Å². The molecule has 10 rings (SSSR count). The molecule has 33 nitrogen and oxygen atoms in total. The van der Waals surface area contributed by atoms with E-state index >= 15 is 0 Å². The zero-order chi connectivity index (χ0) is 101. The van der Waals surface area contributed by atoms with Crippen molar-refractivity contribution in [1.82, 2.24) is 49.8 Å². The number of nitrogens with zero attached hydrogens (tertiary/aromatic N) is 13. The van der Waals surface area contributed by atoms with Crippen molar-refractivity contribution in [2.75, 3.05) is 63.6 Å². The number of aliphatic imine (C=N–C) groups is 1. The molecule has 0 aliphatic heterocycles. The molecule has 0 spiro atoms. The number of aromatic nitrogens is 10. The van der Waals surface area contributed by atoms with Crippen molar-refractivity contribution in [2.45, 2.75) is 117 Å². The van der Waals surface area contributed by atoms with Crippen LogP contribution in [0.25, 0.3) is 0 Å². The van der Waals surface area contributed by atoms with Gasteiger partial charge in [-0.1, -0.05) is 211 Å². The van der Waals surface area contributed by atoms with E-state index in [1.807, 2.05) is 95.2 Å². The van der Waals surface area contributed by atoms with Crippen molar-refractivity contribution in [2.24, 2.45) is 30.8 Å². The fourth-order valence-electron chi connectivity index (χ4n) is 7.43. The first-order valence-electron chi connectivity index (χ1n) is 35.8. The number of nitrogens with two attached hydrogens (primary N) is 6. The molecule has 0 saturated carbocycles. The smallest absolute Gasteiger partial charge is 1.00 e. The van der Waals surface area contributed by atoms with Gasteiger partial charge in [0, 0.05) is 36.4 Å². The van der Waals surface area contributed by atoms with E-state index in [2.05, 4.69) is 228 Å². The number of amides is 4. The topological polar surface area (TPSA) is 518 Å². The van der Waals surface area contributed by atoms with Gasteiger partial charge in [0.1, 0.15) is 76.3 Å². The Labute approximate surface area is 942 Å². The number of thiocarbonyl (C=S) groups is 3. The number of ether oxygens (including phenoxy) is 3. The summed E-state index contributed by atoms with van der Waals surface area (Å²) in [5, 5.41) is 30.5. The van der Waals surface area contributed by atoms with Crippen molar-refractivity contribution >= 4 is 375 Å². The Morgan fingerprint density at radius 2 is 0.896 bits per heavy atom. The van der Waals surface area contributed by atoms with Crippen LogP contribution < -0.4 is 95.6 Å². The Bertz CT molecular complexity index is 5080. The average molecular weight is 2570 g/mol. The van der Waals surface area contributed by atoms with Gasteiger partial charge in [-0.15, -0.1) is 34.6 Å². The molecule has 2 radical (unpaired) electrons. The Hall–Kier alpha value is -5.47. The summed E-state index contributed by atoms with van der Waals surface area (Å²) in [6.07, 6.45) is 7.38. The second kappa shape index (κ2) is 86.4. The second-order valence-electron chi connectivity index (χ2n) is 23.9. The molecule has 0 bridgehead atoms. The normalized spacial score (nSPS) is 9.15. The van der Waals surface area contributed by atoms with E-state index < -0.39 is 16.9 Å². The SMILES string of the molecule is C.C.CC(C)(C)[O-].CCO/C=C/C(=O)Cl.CCO/C=C/C(=O)Nc1c(C)cccc1Cl.CCOC(=O)N=C=S.Cc1cccc(Cl)c1N.Cc1cccc(Cl)c1NC(=O)c1cnc(N)s1.Cc1nc(Cl)cc(Cl)n1.Cc1nc(Cl)cc(NC(N)=S)n1.Cc1nc(Cl)cc(Nc2ncc(C(=O)Nc3c(C)cccc3Cl)s2)n1.Cc1nc(N)cc(Cl)n1.I.NC(N)=S.[B]=NS.[B]=NS.[I][V][I].[Na+]. The van der Waals surface area contributed by atoms with E-state index in [1.54, 1.807) is 91.8 Å². The van der Waals surface area contributed by atoms with Gasteiger partial charge < -0.3 is 80.3 Å². The summed E-state index contributed by atoms with van der Waals surface area (Å²) < 4.78 is 19.3. The van der Waals surface area contributed by atoms with E-state index in [0.717, 1.165) is 39.7 Å². The van der Waals surface area contributed by atoms with Crippen LogP contribution in [0.4, 0.5) is 55.3 Å². The maximum atomic E-state index is 12.4. The first-order valence-corrected chi connectivity index (χ1v) is 52.2. The maximum absolute atomic E-state index is 12.4. The monoisotopic (exact) mass is 2560 g/mol. The number of rotatable bonds is 15. The van der Waals surface area contributed by atoms with Gasteiger partial charge in [0.05, 0.1) is 92.7 Å². The second-order valence-corrected chi connectivity index (χ2v) is 43.2.